The van der Waals surface area contributed by atoms with E-state index in [0.717, 1.165) is 0 Å². The van der Waals surface area contributed by atoms with Crippen molar-refractivity contribution in [3.8, 4) is 5.75 Å². The average Bonchev–Trinajstić information content (AvgIpc) is 2.51. The number of methoxy groups -OCH3 is 1. The van der Waals surface area contributed by atoms with Crippen molar-refractivity contribution in [2.24, 2.45) is 0 Å². The molecule has 1 amide bonds. The van der Waals surface area contributed by atoms with E-state index < -0.39 is 15.8 Å². The summed E-state index contributed by atoms with van der Waals surface area (Å²) in [5, 5.41) is 2.69. The van der Waals surface area contributed by atoms with Crippen LogP contribution in [0.25, 0.3) is 0 Å². The summed E-state index contributed by atoms with van der Waals surface area (Å²) in [6.45, 7) is 2.29. The van der Waals surface area contributed by atoms with E-state index in [2.05, 4.69) is 5.32 Å². The highest BCUT2D eigenvalue weighted by Gasteiger charge is 2.14. The molecule has 6 nitrogen and oxygen atoms in total. The number of amides is 1. The van der Waals surface area contributed by atoms with Crippen LogP contribution in [0.4, 0.5) is 4.39 Å². The minimum atomic E-state index is -3.19. The van der Waals surface area contributed by atoms with Gasteiger partial charge in [0, 0.05) is 20.1 Å². The van der Waals surface area contributed by atoms with E-state index in [1.807, 2.05) is 0 Å². The van der Waals surface area contributed by atoms with E-state index >= 15 is 0 Å². The van der Waals surface area contributed by atoms with Gasteiger partial charge >= 0.3 is 0 Å². The van der Waals surface area contributed by atoms with Gasteiger partial charge in [-0.3, -0.25) is 4.79 Å². The Balaban J connectivity index is 2.36. The molecule has 0 aliphatic heterocycles. The second kappa shape index (κ2) is 8.83. The third-order valence-electron chi connectivity index (χ3n) is 3.39. The summed E-state index contributed by atoms with van der Waals surface area (Å²) in [6.07, 6.45) is 0.572. The number of benzene rings is 1. The van der Waals surface area contributed by atoms with E-state index in [1.54, 1.807) is 13.0 Å². The maximum atomic E-state index is 13.5. The van der Waals surface area contributed by atoms with E-state index in [1.165, 1.54) is 30.6 Å². The van der Waals surface area contributed by atoms with Crippen molar-refractivity contribution in [1.82, 2.24) is 9.62 Å². The summed E-state index contributed by atoms with van der Waals surface area (Å²) in [4.78, 5) is 11.8. The number of nitrogens with zero attached hydrogens (tertiary/aromatic N) is 1. The summed E-state index contributed by atoms with van der Waals surface area (Å²) in [5.74, 6) is -0.562. The van der Waals surface area contributed by atoms with Crippen LogP contribution in [0.2, 0.25) is 0 Å². The zero-order valence-corrected chi connectivity index (χ0v) is 14.5. The molecule has 0 heterocycles. The zero-order chi connectivity index (χ0) is 17.5. The van der Waals surface area contributed by atoms with Crippen LogP contribution in [-0.2, 0) is 21.2 Å². The molecule has 8 heteroatoms. The lowest BCUT2D eigenvalue weighted by atomic mass is 10.1. The molecule has 0 unspecified atom stereocenters. The van der Waals surface area contributed by atoms with Crippen LogP contribution in [0.1, 0.15) is 18.9 Å². The van der Waals surface area contributed by atoms with E-state index in [4.69, 9.17) is 4.74 Å². The van der Waals surface area contributed by atoms with Crippen LogP contribution < -0.4 is 10.1 Å². The van der Waals surface area contributed by atoms with Gasteiger partial charge in [-0.1, -0.05) is 6.07 Å². The first-order valence-corrected chi connectivity index (χ1v) is 8.94. The van der Waals surface area contributed by atoms with Crippen molar-refractivity contribution in [1.29, 1.82) is 0 Å². The highest BCUT2D eigenvalue weighted by atomic mass is 32.2. The van der Waals surface area contributed by atoms with Gasteiger partial charge in [-0.2, -0.15) is 0 Å². The Bertz CT molecular complexity index is 634. The Hall–Kier alpha value is -1.67. The molecule has 0 fully saturated rings. The molecule has 0 atom stereocenters. The van der Waals surface area contributed by atoms with Crippen LogP contribution in [0.5, 0.6) is 5.75 Å². The Morgan fingerprint density at radius 2 is 2.09 bits per heavy atom. The van der Waals surface area contributed by atoms with Gasteiger partial charge in [0.2, 0.25) is 15.9 Å². The molecule has 23 heavy (non-hydrogen) atoms. The quantitative estimate of drug-likeness (QED) is 0.681. The number of nitrogens with one attached hydrogen (secondary N) is 1. The molecule has 0 aliphatic rings. The van der Waals surface area contributed by atoms with Crippen molar-refractivity contribution >= 4 is 15.9 Å². The van der Waals surface area contributed by atoms with Gasteiger partial charge in [0.05, 0.1) is 19.3 Å². The molecule has 130 valence electrons. The second-order valence-electron chi connectivity index (χ2n) is 5.07. The molecular formula is C15H23FN2O4S. The molecule has 0 saturated carbocycles. The van der Waals surface area contributed by atoms with Crippen molar-refractivity contribution in [3.63, 3.8) is 0 Å². The molecule has 0 radical (unpaired) electrons. The van der Waals surface area contributed by atoms with Gasteiger partial charge in [0.1, 0.15) is 0 Å². The van der Waals surface area contributed by atoms with Gasteiger partial charge in [-0.15, -0.1) is 0 Å². The van der Waals surface area contributed by atoms with Crippen molar-refractivity contribution in [2.75, 3.05) is 33.0 Å². The molecule has 0 spiro atoms. The summed E-state index contributed by atoms with van der Waals surface area (Å²) in [6, 6.07) is 4.37. The fourth-order valence-electron chi connectivity index (χ4n) is 1.96. The molecule has 1 N–H and O–H groups in total. The predicted molar refractivity (Wildman–Crippen MR) is 86.4 cm³/mol. The largest absolute Gasteiger partial charge is 0.494 e. The molecular weight excluding hydrogens is 323 g/mol. The second-order valence-corrected chi connectivity index (χ2v) is 7.44. The third kappa shape index (κ3) is 6.15. The number of carbonyl (C=O) groups is 1. The summed E-state index contributed by atoms with van der Waals surface area (Å²) in [5.41, 5.74) is 0.548. The van der Waals surface area contributed by atoms with Gasteiger partial charge in [-0.25, -0.2) is 17.1 Å². The molecule has 0 bridgehead atoms. The summed E-state index contributed by atoms with van der Waals surface area (Å²) >= 11 is 0. The Labute approximate surface area is 136 Å². The van der Waals surface area contributed by atoms with E-state index in [0.29, 0.717) is 25.1 Å². The minimum absolute atomic E-state index is 0.0545. The molecule has 0 aromatic heterocycles. The number of sulfonamides is 1. The third-order valence-corrected chi connectivity index (χ3v) is 5.25. The van der Waals surface area contributed by atoms with Crippen molar-refractivity contribution < 1.29 is 22.3 Å². The Morgan fingerprint density at radius 3 is 2.65 bits per heavy atom. The van der Waals surface area contributed by atoms with Crippen LogP contribution >= 0.6 is 0 Å². The lowest BCUT2D eigenvalue weighted by Gasteiger charge is -2.15. The highest BCUT2D eigenvalue weighted by molar-refractivity contribution is 7.89. The first-order chi connectivity index (χ1) is 10.8. The van der Waals surface area contributed by atoms with Gasteiger partial charge < -0.3 is 10.1 Å². The number of rotatable bonds is 9. The van der Waals surface area contributed by atoms with Gasteiger partial charge in [-0.05, 0) is 31.0 Å². The van der Waals surface area contributed by atoms with Crippen LogP contribution in [0.3, 0.4) is 0 Å². The summed E-state index contributed by atoms with van der Waals surface area (Å²) in [7, 11) is -0.302. The number of hydrogen-bond donors (Lipinski definition) is 1. The molecule has 1 aromatic carbocycles. The Kier molecular flexibility index (Phi) is 7.44. The van der Waals surface area contributed by atoms with Gasteiger partial charge in [0.15, 0.2) is 11.6 Å². The average molecular weight is 346 g/mol. The number of hydrogen-bond acceptors (Lipinski definition) is 4. The lowest BCUT2D eigenvalue weighted by Crippen LogP contribution is -2.32. The van der Waals surface area contributed by atoms with Crippen LogP contribution in [0.15, 0.2) is 18.2 Å². The zero-order valence-electron chi connectivity index (χ0n) is 13.6. The van der Waals surface area contributed by atoms with Crippen LogP contribution in [-0.4, -0.2) is 51.6 Å². The minimum Gasteiger partial charge on any atom is -0.494 e. The topological polar surface area (TPSA) is 75.7 Å². The van der Waals surface area contributed by atoms with Crippen molar-refractivity contribution in [2.45, 2.75) is 19.8 Å². The maximum Gasteiger partial charge on any atom is 0.224 e. The number of halogens is 1. The van der Waals surface area contributed by atoms with Crippen LogP contribution in [0, 0.1) is 5.82 Å². The first kappa shape index (κ1) is 19.4. The SMILES string of the molecule is CCS(=O)(=O)N(C)CCCNC(=O)Cc1ccc(OC)c(F)c1. The Morgan fingerprint density at radius 1 is 1.39 bits per heavy atom. The predicted octanol–water partition coefficient (Wildman–Crippen LogP) is 1.16. The molecule has 1 aromatic rings. The summed E-state index contributed by atoms with van der Waals surface area (Å²) < 4.78 is 42.7. The molecule has 0 aliphatic carbocycles. The van der Waals surface area contributed by atoms with Crippen molar-refractivity contribution in [3.05, 3.63) is 29.6 Å². The van der Waals surface area contributed by atoms with E-state index in [-0.39, 0.29) is 23.8 Å². The molecule has 1 rings (SSSR count). The highest BCUT2D eigenvalue weighted by Crippen LogP contribution is 2.17. The smallest absolute Gasteiger partial charge is 0.224 e. The molecule has 0 saturated heterocycles. The standard InChI is InChI=1S/C15H23FN2O4S/c1-4-23(20,21)18(2)9-5-8-17-15(19)11-12-6-7-14(22-3)13(16)10-12/h6-7,10H,4-5,8-9,11H2,1-3H3,(H,17,19). The lowest BCUT2D eigenvalue weighted by molar-refractivity contribution is -0.120. The number of carbonyl (C=O) groups excluding carboxylic acids is 1. The fourth-order valence-corrected chi connectivity index (χ4v) is 2.80. The maximum absolute atomic E-state index is 13.5. The number of ether oxygens (including phenoxy) is 1. The first-order valence-electron chi connectivity index (χ1n) is 7.33. The normalized spacial score (nSPS) is 11.5. The monoisotopic (exact) mass is 346 g/mol. The van der Waals surface area contributed by atoms with Gasteiger partial charge in [0.25, 0.3) is 0 Å². The van der Waals surface area contributed by atoms with E-state index in [9.17, 15) is 17.6 Å². The fraction of sp³-hybridized carbons (Fsp3) is 0.533.